The minimum atomic E-state index is -0.918. The first-order valence-corrected chi connectivity index (χ1v) is 18.1. The van der Waals surface area contributed by atoms with Crippen molar-refractivity contribution >= 4 is 47.0 Å². The van der Waals surface area contributed by atoms with Gasteiger partial charge in [0.25, 0.3) is 0 Å². The van der Waals surface area contributed by atoms with Crippen LogP contribution in [0.25, 0.3) is 0 Å². The molecule has 2 aliphatic rings. The Kier molecular flexibility index (Phi) is 14.4. The molecule has 12 heteroatoms. The van der Waals surface area contributed by atoms with Crippen molar-refractivity contribution in [1.29, 1.82) is 0 Å². The first kappa shape index (κ1) is 37.5. The summed E-state index contributed by atoms with van der Waals surface area (Å²) in [6.07, 6.45) is 6.85. The van der Waals surface area contributed by atoms with Gasteiger partial charge in [-0.05, 0) is 81.5 Å². The summed E-state index contributed by atoms with van der Waals surface area (Å²) >= 11 is 12.5. The fourth-order valence-corrected chi connectivity index (χ4v) is 7.20. The lowest BCUT2D eigenvalue weighted by molar-refractivity contribution is -0.368. The predicted octanol–water partition coefficient (Wildman–Crippen LogP) is 3.98. The molecule has 2 aromatic carbocycles. The summed E-state index contributed by atoms with van der Waals surface area (Å²) in [6.45, 7) is 5.08. The van der Waals surface area contributed by atoms with Crippen molar-refractivity contribution in [3.05, 3.63) is 69.7 Å². The summed E-state index contributed by atoms with van der Waals surface area (Å²) in [5.41, 5.74) is 4.83. The van der Waals surface area contributed by atoms with E-state index in [0.717, 1.165) is 49.8 Å². The molecule has 6 N–H and O–H groups in total. The quantitative estimate of drug-likeness (QED) is 0.221. The van der Waals surface area contributed by atoms with Crippen LogP contribution in [0.5, 0.6) is 0 Å². The summed E-state index contributed by atoms with van der Waals surface area (Å²) in [5, 5.41) is 9.73. The number of rotatable bonds is 14. The average molecular weight is 703 g/mol. The molecule has 2 aromatic rings. The van der Waals surface area contributed by atoms with Gasteiger partial charge in [-0.25, -0.2) is 4.79 Å². The lowest BCUT2D eigenvalue weighted by atomic mass is 9.74. The minimum absolute atomic E-state index is 0.0724. The highest BCUT2D eigenvalue weighted by atomic mass is 35.5. The van der Waals surface area contributed by atoms with Crippen molar-refractivity contribution in [2.75, 3.05) is 39.3 Å². The number of quaternary nitrogens is 1. The largest absolute Gasteiger partial charge is 0.358 e. The van der Waals surface area contributed by atoms with Crippen molar-refractivity contribution in [2.45, 2.75) is 83.2 Å². The van der Waals surface area contributed by atoms with E-state index >= 15 is 0 Å². The van der Waals surface area contributed by atoms with E-state index in [0.29, 0.717) is 61.9 Å². The van der Waals surface area contributed by atoms with E-state index in [2.05, 4.69) is 21.7 Å². The van der Waals surface area contributed by atoms with Gasteiger partial charge in [-0.1, -0.05) is 59.6 Å². The number of urea groups is 1. The number of halogens is 2. The summed E-state index contributed by atoms with van der Waals surface area (Å²) in [7, 11) is 0. The van der Waals surface area contributed by atoms with Gasteiger partial charge in [0.2, 0.25) is 17.7 Å². The molecule has 262 valence electrons. The Morgan fingerprint density at radius 1 is 0.958 bits per heavy atom. The molecule has 0 saturated carbocycles. The van der Waals surface area contributed by atoms with Crippen LogP contribution in [-0.4, -0.2) is 84.9 Å². The second-order valence-electron chi connectivity index (χ2n) is 13.1. The van der Waals surface area contributed by atoms with E-state index in [1.165, 1.54) is 0 Å². The van der Waals surface area contributed by atoms with Crippen LogP contribution < -0.4 is 21.7 Å². The van der Waals surface area contributed by atoms with Crippen LogP contribution in [0, 0.1) is 5.41 Å². The number of nitrogens with zero attached hydrogens (tertiary/aromatic N) is 2. The second-order valence-corrected chi connectivity index (χ2v) is 13.9. The molecule has 4 rings (SSSR count). The van der Waals surface area contributed by atoms with Crippen LogP contribution >= 0.6 is 23.2 Å². The lowest BCUT2D eigenvalue weighted by Crippen LogP contribution is -2.60. The maximum atomic E-state index is 14.3. The van der Waals surface area contributed by atoms with Gasteiger partial charge in [0.1, 0.15) is 6.04 Å². The number of hydrogen-bond donors (Lipinski definition) is 4. The SMILES string of the molecule is CCNC(=O)C1(Cc2ccccc2)CCCN(C(=O)C(Cc2ccc(Cl)c(Cl)c2)NC(=O)NC2CCCN(C(=O)CCCCC[NH3+])C2)C1. The zero-order valence-electron chi connectivity index (χ0n) is 28.1. The topological polar surface area (TPSA) is 138 Å². The maximum absolute atomic E-state index is 14.3. The number of unbranched alkanes of at least 4 members (excludes halogenated alkanes) is 2. The van der Waals surface area contributed by atoms with Crippen molar-refractivity contribution in [1.82, 2.24) is 25.8 Å². The van der Waals surface area contributed by atoms with E-state index in [-0.39, 0.29) is 36.7 Å². The molecule has 0 bridgehead atoms. The highest BCUT2D eigenvalue weighted by Gasteiger charge is 2.44. The highest BCUT2D eigenvalue weighted by Crippen LogP contribution is 2.35. The number of carbonyl (C=O) groups is 4. The van der Waals surface area contributed by atoms with Gasteiger partial charge in [-0.2, -0.15) is 0 Å². The van der Waals surface area contributed by atoms with Crippen molar-refractivity contribution in [3.63, 3.8) is 0 Å². The summed E-state index contributed by atoms with van der Waals surface area (Å²) in [4.78, 5) is 57.8. The molecule has 0 spiro atoms. The first-order chi connectivity index (χ1) is 23.1. The molecule has 2 heterocycles. The van der Waals surface area contributed by atoms with Gasteiger partial charge in [0, 0.05) is 51.6 Å². The van der Waals surface area contributed by atoms with Gasteiger partial charge < -0.3 is 31.5 Å². The van der Waals surface area contributed by atoms with Crippen molar-refractivity contribution < 1.29 is 24.9 Å². The molecular formula is C36H51Cl2N6O4+. The Labute approximate surface area is 294 Å². The fourth-order valence-electron chi connectivity index (χ4n) is 6.88. The number of benzene rings is 2. The molecule has 2 aliphatic heterocycles. The Balaban J connectivity index is 1.49. The second kappa shape index (κ2) is 18.4. The van der Waals surface area contributed by atoms with E-state index in [9.17, 15) is 19.2 Å². The standard InChI is InChI=1S/C36H50Cl2N6O4/c1-2-40-34(47)36(23-26-11-5-3-6-12-26)17-10-20-44(25-36)33(46)31(22-27-15-16-29(37)30(38)21-27)42-35(48)41-28-13-9-19-43(24-28)32(45)14-7-4-8-18-39/h3,5-6,11-12,15-16,21,28,31H,2,4,7-10,13-14,17-20,22-25,39H2,1H3,(H,40,47)(H2,41,42,48)/p+1. The monoisotopic (exact) mass is 701 g/mol. The summed E-state index contributed by atoms with van der Waals surface area (Å²) in [6, 6.07) is 13.4. The van der Waals surface area contributed by atoms with Gasteiger partial charge in [-0.15, -0.1) is 0 Å². The van der Waals surface area contributed by atoms with Crippen LogP contribution in [0.4, 0.5) is 4.79 Å². The zero-order chi connectivity index (χ0) is 34.5. The molecule has 2 saturated heterocycles. The third kappa shape index (κ3) is 10.6. The first-order valence-electron chi connectivity index (χ1n) is 17.3. The molecule has 0 aliphatic carbocycles. The Bertz CT molecular complexity index is 1400. The lowest BCUT2D eigenvalue weighted by Gasteiger charge is -2.43. The summed E-state index contributed by atoms with van der Waals surface area (Å²) in [5.74, 6) is -0.230. The summed E-state index contributed by atoms with van der Waals surface area (Å²) < 4.78 is 0. The molecule has 0 aromatic heterocycles. The molecule has 3 unspecified atom stereocenters. The van der Waals surface area contributed by atoms with E-state index in [1.54, 1.807) is 23.1 Å². The Morgan fingerprint density at radius 2 is 1.73 bits per heavy atom. The predicted molar refractivity (Wildman–Crippen MR) is 189 cm³/mol. The van der Waals surface area contributed by atoms with Gasteiger partial charge in [-0.3, -0.25) is 14.4 Å². The third-order valence-electron chi connectivity index (χ3n) is 9.37. The van der Waals surface area contributed by atoms with Gasteiger partial charge >= 0.3 is 6.03 Å². The van der Waals surface area contributed by atoms with Crippen molar-refractivity contribution in [3.8, 4) is 0 Å². The van der Waals surface area contributed by atoms with E-state index in [4.69, 9.17) is 23.2 Å². The average Bonchev–Trinajstić information content (AvgIpc) is 3.08. The number of carbonyl (C=O) groups excluding carboxylic acids is 4. The van der Waals surface area contributed by atoms with Crippen LogP contribution in [0.3, 0.4) is 0 Å². The molecule has 10 nitrogen and oxygen atoms in total. The molecule has 48 heavy (non-hydrogen) atoms. The molecule has 3 atom stereocenters. The maximum Gasteiger partial charge on any atom is 0.315 e. The molecule has 2 fully saturated rings. The minimum Gasteiger partial charge on any atom is -0.358 e. The highest BCUT2D eigenvalue weighted by molar-refractivity contribution is 6.42. The normalized spacial score (nSPS) is 20.1. The van der Waals surface area contributed by atoms with Crippen molar-refractivity contribution in [2.24, 2.45) is 5.41 Å². The number of amides is 5. The smallest absolute Gasteiger partial charge is 0.315 e. The third-order valence-corrected chi connectivity index (χ3v) is 10.1. The number of nitrogens with one attached hydrogen (secondary N) is 3. The molecule has 0 radical (unpaired) electrons. The van der Waals surface area contributed by atoms with Gasteiger partial charge in [0.05, 0.1) is 22.0 Å². The number of piperidine rings is 2. The number of hydrogen-bond acceptors (Lipinski definition) is 4. The van der Waals surface area contributed by atoms with Crippen LogP contribution in [0.2, 0.25) is 10.0 Å². The zero-order valence-corrected chi connectivity index (χ0v) is 29.6. The van der Waals surface area contributed by atoms with Crippen LogP contribution in [0.1, 0.15) is 69.4 Å². The molecular weight excluding hydrogens is 651 g/mol. The van der Waals surface area contributed by atoms with E-state index in [1.807, 2.05) is 42.2 Å². The van der Waals surface area contributed by atoms with E-state index < -0.39 is 17.5 Å². The van der Waals surface area contributed by atoms with Crippen LogP contribution in [0.15, 0.2) is 48.5 Å². The number of likely N-dealkylation sites (tertiary alicyclic amines) is 2. The molecule has 5 amide bonds. The van der Waals surface area contributed by atoms with Gasteiger partial charge in [0.15, 0.2) is 0 Å². The fraction of sp³-hybridized carbons (Fsp3) is 0.556. The Hall–Kier alpha value is -3.34. The van der Waals surface area contributed by atoms with Crippen LogP contribution in [-0.2, 0) is 27.2 Å². The Morgan fingerprint density at radius 3 is 2.46 bits per heavy atom.